The molecule has 1 aliphatic heterocycles. The average molecular weight is 496 g/mol. The number of hydrazine groups is 1. The molecule has 0 bridgehead atoms. The van der Waals surface area contributed by atoms with Gasteiger partial charge < -0.3 is 0 Å². The molecule has 1 fully saturated rings. The minimum atomic E-state index is -1.21. The third-order valence-corrected chi connectivity index (χ3v) is 5.86. The molecule has 4 amide bonds. The van der Waals surface area contributed by atoms with E-state index >= 15 is 0 Å². The fraction of sp³-hybridized carbons (Fsp3) is 0.120. The van der Waals surface area contributed by atoms with E-state index in [1.165, 1.54) is 18.2 Å². The molecule has 1 saturated heterocycles. The standard InChI is InChI=1S/C25H19Cl2N3O4/c26-17-11-12-19(20(27)14-17)24(33)28-30(23(32)13-16-7-3-1-4-8-16)21-15-22(31)29(25(21)34)18-9-5-2-6-10-18/h1-12,14,21H,13,15H2,(H,28,33)/t21-/m1/s1. The van der Waals surface area contributed by atoms with E-state index in [-0.39, 0.29) is 23.4 Å². The Labute approximate surface area is 205 Å². The summed E-state index contributed by atoms with van der Waals surface area (Å²) in [6, 6.07) is 20.4. The molecule has 0 aliphatic carbocycles. The molecular formula is C25H19Cl2N3O4. The zero-order valence-electron chi connectivity index (χ0n) is 17.8. The van der Waals surface area contributed by atoms with Crippen LogP contribution in [0.1, 0.15) is 22.3 Å². The summed E-state index contributed by atoms with van der Waals surface area (Å²) in [5.41, 5.74) is 3.65. The van der Waals surface area contributed by atoms with E-state index < -0.39 is 29.7 Å². The number of hydrogen-bond donors (Lipinski definition) is 1. The van der Waals surface area contributed by atoms with Crippen LogP contribution >= 0.6 is 23.2 Å². The fourth-order valence-corrected chi connectivity index (χ4v) is 4.17. The number of hydrogen-bond acceptors (Lipinski definition) is 4. The van der Waals surface area contributed by atoms with Crippen molar-refractivity contribution >= 4 is 52.5 Å². The van der Waals surface area contributed by atoms with Crippen molar-refractivity contribution in [3.63, 3.8) is 0 Å². The van der Waals surface area contributed by atoms with E-state index in [0.29, 0.717) is 16.3 Å². The van der Waals surface area contributed by atoms with Crippen LogP contribution in [0.25, 0.3) is 0 Å². The zero-order chi connectivity index (χ0) is 24.2. The number of nitrogens with one attached hydrogen (secondary N) is 1. The highest BCUT2D eigenvalue weighted by Gasteiger charge is 2.45. The van der Waals surface area contributed by atoms with Gasteiger partial charge in [-0.3, -0.25) is 24.6 Å². The van der Waals surface area contributed by atoms with Gasteiger partial charge in [-0.2, -0.15) is 0 Å². The molecule has 1 aliphatic rings. The largest absolute Gasteiger partial charge is 0.274 e. The van der Waals surface area contributed by atoms with Crippen molar-refractivity contribution in [3.05, 3.63) is 100 Å². The summed E-state index contributed by atoms with van der Waals surface area (Å²) < 4.78 is 0. The van der Waals surface area contributed by atoms with Crippen molar-refractivity contribution < 1.29 is 19.2 Å². The van der Waals surface area contributed by atoms with Gasteiger partial charge in [-0.15, -0.1) is 0 Å². The van der Waals surface area contributed by atoms with Crippen molar-refractivity contribution in [1.29, 1.82) is 0 Å². The Kier molecular flexibility index (Phi) is 6.95. The number of benzene rings is 3. The molecule has 1 N–H and O–H groups in total. The first kappa shape index (κ1) is 23.5. The summed E-state index contributed by atoms with van der Waals surface area (Å²) in [7, 11) is 0. The van der Waals surface area contributed by atoms with Crippen molar-refractivity contribution in [2.45, 2.75) is 18.9 Å². The van der Waals surface area contributed by atoms with Crippen LogP contribution in [0.15, 0.2) is 78.9 Å². The summed E-state index contributed by atoms with van der Waals surface area (Å²) in [6.07, 6.45) is -0.359. The lowest BCUT2D eigenvalue weighted by atomic mass is 10.1. The SMILES string of the molecule is O=C(NN(C(=O)Cc1ccccc1)[C@@H]1CC(=O)N(c2ccccc2)C1=O)c1ccc(Cl)cc1Cl. The third-order valence-electron chi connectivity index (χ3n) is 5.31. The quantitative estimate of drug-likeness (QED) is 0.427. The van der Waals surface area contributed by atoms with Gasteiger partial charge in [0.2, 0.25) is 11.8 Å². The van der Waals surface area contributed by atoms with Crippen LogP contribution in [0, 0.1) is 0 Å². The maximum atomic E-state index is 13.3. The number of para-hydroxylation sites is 1. The van der Waals surface area contributed by atoms with Crippen LogP contribution in [0.3, 0.4) is 0 Å². The number of carbonyl (C=O) groups is 4. The molecule has 9 heteroatoms. The topological polar surface area (TPSA) is 86.8 Å². The van der Waals surface area contributed by atoms with E-state index in [2.05, 4.69) is 5.43 Å². The Morgan fingerprint density at radius 1 is 0.941 bits per heavy atom. The third kappa shape index (κ3) is 4.95. The van der Waals surface area contributed by atoms with Crippen molar-refractivity contribution in [3.8, 4) is 0 Å². The van der Waals surface area contributed by atoms with Crippen LogP contribution < -0.4 is 10.3 Å². The van der Waals surface area contributed by atoms with Gasteiger partial charge in [0.05, 0.1) is 29.1 Å². The van der Waals surface area contributed by atoms with Crippen LogP contribution in [-0.4, -0.2) is 34.7 Å². The lowest BCUT2D eigenvalue weighted by Gasteiger charge is -2.28. The highest BCUT2D eigenvalue weighted by molar-refractivity contribution is 6.36. The van der Waals surface area contributed by atoms with E-state index in [4.69, 9.17) is 23.2 Å². The number of rotatable bonds is 5. The van der Waals surface area contributed by atoms with Crippen molar-refractivity contribution in [1.82, 2.24) is 10.4 Å². The molecule has 0 aromatic heterocycles. The number of nitrogens with zero attached hydrogens (tertiary/aromatic N) is 2. The maximum Gasteiger partial charge on any atom is 0.271 e. The Morgan fingerprint density at radius 2 is 1.59 bits per heavy atom. The second-order valence-corrected chi connectivity index (χ2v) is 8.46. The molecule has 3 aromatic carbocycles. The van der Waals surface area contributed by atoms with E-state index in [9.17, 15) is 19.2 Å². The second-order valence-electron chi connectivity index (χ2n) is 7.61. The molecule has 0 radical (unpaired) electrons. The summed E-state index contributed by atoms with van der Waals surface area (Å²) >= 11 is 12.1. The highest BCUT2D eigenvalue weighted by Crippen LogP contribution is 2.26. The van der Waals surface area contributed by atoms with Crippen LogP contribution in [0.4, 0.5) is 5.69 Å². The Balaban J connectivity index is 1.64. The van der Waals surface area contributed by atoms with Gasteiger partial charge in [0.15, 0.2) is 0 Å². The molecule has 1 heterocycles. The summed E-state index contributed by atoms with van der Waals surface area (Å²) in [5.74, 6) is -2.34. The smallest absolute Gasteiger partial charge is 0.271 e. The monoisotopic (exact) mass is 495 g/mol. The molecule has 4 rings (SSSR count). The van der Waals surface area contributed by atoms with Crippen LogP contribution in [0.5, 0.6) is 0 Å². The Hall–Kier alpha value is -3.68. The van der Waals surface area contributed by atoms with Gasteiger partial charge in [0.25, 0.3) is 11.8 Å². The van der Waals surface area contributed by atoms with Gasteiger partial charge in [-0.05, 0) is 35.9 Å². The summed E-state index contributed by atoms with van der Waals surface area (Å²) in [4.78, 5) is 53.3. The number of carbonyl (C=O) groups excluding carboxylic acids is 4. The van der Waals surface area contributed by atoms with E-state index in [1.54, 1.807) is 54.6 Å². The molecule has 34 heavy (non-hydrogen) atoms. The van der Waals surface area contributed by atoms with Gasteiger partial charge in [0.1, 0.15) is 6.04 Å². The van der Waals surface area contributed by atoms with Crippen molar-refractivity contribution in [2.24, 2.45) is 0 Å². The van der Waals surface area contributed by atoms with Crippen molar-refractivity contribution in [2.75, 3.05) is 4.90 Å². The van der Waals surface area contributed by atoms with E-state index in [0.717, 1.165) is 9.91 Å². The second kappa shape index (κ2) is 10.1. The molecule has 1 atom stereocenters. The minimum absolute atomic E-state index is 0.0697. The van der Waals surface area contributed by atoms with Crippen LogP contribution in [0.2, 0.25) is 10.0 Å². The lowest BCUT2D eigenvalue weighted by molar-refractivity contribution is -0.140. The predicted octanol–water partition coefficient (Wildman–Crippen LogP) is 4.04. The number of amides is 4. The lowest BCUT2D eigenvalue weighted by Crippen LogP contribution is -2.55. The molecule has 172 valence electrons. The normalized spacial score (nSPS) is 15.4. The summed E-state index contributed by atoms with van der Waals surface area (Å²) in [5, 5.41) is 1.36. The highest BCUT2D eigenvalue weighted by atomic mass is 35.5. The molecule has 0 saturated carbocycles. The molecule has 0 spiro atoms. The number of halogens is 2. The first-order chi connectivity index (χ1) is 16.3. The first-order valence-electron chi connectivity index (χ1n) is 10.4. The van der Waals surface area contributed by atoms with Gasteiger partial charge in [-0.25, -0.2) is 9.91 Å². The fourth-order valence-electron chi connectivity index (χ4n) is 3.68. The van der Waals surface area contributed by atoms with Gasteiger partial charge in [-0.1, -0.05) is 71.7 Å². The van der Waals surface area contributed by atoms with Gasteiger partial charge in [0, 0.05) is 5.02 Å². The Bertz CT molecular complexity index is 1250. The van der Waals surface area contributed by atoms with Gasteiger partial charge >= 0.3 is 0 Å². The molecule has 7 nitrogen and oxygen atoms in total. The Morgan fingerprint density at radius 3 is 2.24 bits per heavy atom. The zero-order valence-corrected chi connectivity index (χ0v) is 19.3. The maximum absolute atomic E-state index is 13.3. The first-order valence-corrected chi connectivity index (χ1v) is 11.1. The molecular weight excluding hydrogens is 477 g/mol. The van der Waals surface area contributed by atoms with E-state index in [1.807, 2.05) is 6.07 Å². The van der Waals surface area contributed by atoms with Crippen LogP contribution in [-0.2, 0) is 20.8 Å². The summed E-state index contributed by atoms with van der Waals surface area (Å²) in [6.45, 7) is 0. The molecule has 3 aromatic rings. The average Bonchev–Trinajstić information content (AvgIpc) is 3.11. The molecule has 0 unspecified atom stereocenters. The predicted molar refractivity (Wildman–Crippen MR) is 128 cm³/mol. The minimum Gasteiger partial charge on any atom is -0.274 e. The number of anilines is 1. The number of imide groups is 1.